The molecule has 1 N–H and O–H groups in total. The fraction of sp³-hybridized carbons (Fsp3) is 0.250. The number of pyridine rings is 1. The first-order chi connectivity index (χ1) is 12.7. The molecule has 0 bridgehead atoms. The highest BCUT2D eigenvalue weighted by atomic mass is 16.6. The van der Waals surface area contributed by atoms with Crippen LogP contribution in [0.2, 0.25) is 0 Å². The Morgan fingerprint density at radius 1 is 1.23 bits per heavy atom. The van der Waals surface area contributed by atoms with Gasteiger partial charge in [0.1, 0.15) is 5.75 Å². The second-order valence-electron chi connectivity index (χ2n) is 5.40. The summed E-state index contributed by atoms with van der Waals surface area (Å²) in [6.45, 7) is 2.46. The molecule has 6 heteroatoms. The summed E-state index contributed by atoms with van der Waals surface area (Å²) in [6, 6.07) is 11.0. The van der Waals surface area contributed by atoms with Crippen LogP contribution in [-0.2, 0) is 20.7 Å². The molecule has 0 spiro atoms. The molecule has 1 aromatic heterocycles. The molecule has 6 nitrogen and oxygen atoms in total. The topological polar surface area (TPSA) is 77.5 Å². The van der Waals surface area contributed by atoms with Gasteiger partial charge in [0.25, 0.3) is 0 Å². The largest absolute Gasteiger partial charge is 0.482 e. The average Bonchev–Trinajstić information content (AvgIpc) is 2.66. The van der Waals surface area contributed by atoms with Crippen molar-refractivity contribution in [1.82, 2.24) is 10.3 Å². The van der Waals surface area contributed by atoms with Crippen LogP contribution in [0.3, 0.4) is 0 Å². The van der Waals surface area contributed by atoms with Crippen molar-refractivity contribution in [2.75, 3.05) is 19.8 Å². The Morgan fingerprint density at radius 2 is 2.12 bits per heavy atom. The second-order valence-corrected chi connectivity index (χ2v) is 5.40. The maximum Gasteiger partial charge on any atom is 0.344 e. The molecule has 136 valence electrons. The molecule has 0 saturated heterocycles. The Hall–Kier alpha value is -3.15. The average molecular weight is 354 g/mol. The summed E-state index contributed by atoms with van der Waals surface area (Å²) in [5, 5.41) is 2.82. The first kappa shape index (κ1) is 19.2. The predicted octanol–water partition coefficient (Wildman–Crippen LogP) is 2.40. The Labute approximate surface area is 152 Å². The zero-order chi connectivity index (χ0) is 18.6. The molecule has 0 aliphatic heterocycles. The van der Waals surface area contributed by atoms with E-state index < -0.39 is 5.97 Å². The third-order valence-corrected chi connectivity index (χ3v) is 3.38. The number of carbonyl (C=O) groups is 2. The third-order valence-electron chi connectivity index (χ3n) is 3.38. The van der Waals surface area contributed by atoms with E-state index in [2.05, 4.69) is 10.3 Å². The molecule has 0 fully saturated rings. The molecule has 0 aliphatic carbocycles. The van der Waals surface area contributed by atoms with Crippen LogP contribution in [0.4, 0.5) is 0 Å². The predicted molar refractivity (Wildman–Crippen MR) is 98.6 cm³/mol. The van der Waals surface area contributed by atoms with Gasteiger partial charge >= 0.3 is 5.97 Å². The summed E-state index contributed by atoms with van der Waals surface area (Å²) in [5.74, 6) is -0.0506. The van der Waals surface area contributed by atoms with Crippen molar-refractivity contribution in [3.8, 4) is 5.75 Å². The zero-order valence-electron chi connectivity index (χ0n) is 14.7. The van der Waals surface area contributed by atoms with Crippen LogP contribution in [0, 0.1) is 0 Å². The summed E-state index contributed by atoms with van der Waals surface area (Å²) in [5.41, 5.74) is 1.87. The van der Waals surface area contributed by atoms with Gasteiger partial charge in [0.05, 0.1) is 6.61 Å². The number of nitrogens with zero attached hydrogens (tertiary/aromatic N) is 1. The molecule has 0 aliphatic rings. The molecule has 0 atom stereocenters. The van der Waals surface area contributed by atoms with Crippen molar-refractivity contribution in [3.05, 3.63) is 66.0 Å². The molecule has 2 rings (SSSR count). The van der Waals surface area contributed by atoms with Gasteiger partial charge in [-0.2, -0.15) is 0 Å². The van der Waals surface area contributed by atoms with E-state index in [1.54, 1.807) is 43.6 Å². The van der Waals surface area contributed by atoms with Crippen LogP contribution < -0.4 is 10.1 Å². The van der Waals surface area contributed by atoms with E-state index in [0.29, 0.717) is 18.9 Å². The molecule has 0 unspecified atom stereocenters. The van der Waals surface area contributed by atoms with Gasteiger partial charge in [0.15, 0.2) is 6.61 Å². The van der Waals surface area contributed by atoms with E-state index in [9.17, 15) is 9.59 Å². The van der Waals surface area contributed by atoms with Crippen LogP contribution >= 0.6 is 0 Å². The standard InChI is InChI=1S/C20H22N2O4/c1-2-25-20(24)15-26-18-7-3-5-16(13-18)8-9-19(23)22-12-10-17-6-4-11-21-14-17/h3-9,11,13-14H,2,10,12,15H2,1H3,(H,22,23). The van der Waals surface area contributed by atoms with E-state index in [1.165, 1.54) is 6.08 Å². The lowest BCUT2D eigenvalue weighted by Gasteiger charge is -2.06. The van der Waals surface area contributed by atoms with Gasteiger partial charge in [-0.3, -0.25) is 9.78 Å². The minimum Gasteiger partial charge on any atom is -0.482 e. The van der Waals surface area contributed by atoms with Crippen molar-refractivity contribution >= 4 is 18.0 Å². The van der Waals surface area contributed by atoms with Crippen LogP contribution in [0.5, 0.6) is 5.75 Å². The van der Waals surface area contributed by atoms with Crippen molar-refractivity contribution in [1.29, 1.82) is 0 Å². The van der Waals surface area contributed by atoms with Gasteiger partial charge in [-0.1, -0.05) is 18.2 Å². The summed E-state index contributed by atoms with van der Waals surface area (Å²) in [7, 11) is 0. The summed E-state index contributed by atoms with van der Waals surface area (Å²) in [6.07, 6.45) is 7.38. The minimum absolute atomic E-state index is 0.143. The van der Waals surface area contributed by atoms with Gasteiger partial charge < -0.3 is 14.8 Å². The monoisotopic (exact) mass is 354 g/mol. The number of benzene rings is 1. The number of rotatable bonds is 9. The highest BCUT2D eigenvalue weighted by molar-refractivity contribution is 5.91. The fourth-order valence-corrected chi connectivity index (χ4v) is 2.16. The Balaban J connectivity index is 1.78. The first-order valence-corrected chi connectivity index (χ1v) is 8.40. The van der Waals surface area contributed by atoms with Crippen LogP contribution in [0.1, 0.15) is 18.1 Å². The van der Waals surface area contributed by atoms with Gasteiger partial charge in [0, 0.05) is 25.0 Å². The first-order valence-electron chi connectivity index (χ1n) is 8.40. The van der Waals surface area contributed by atoms with Crippen molar-refractivity contribution in [2.24, 2.45) is 0 Å². The Morgan fingerprint density at radius 3 is 2.88 bits per heavy atom. The molecule has 1 amide bonds. The smallest absolute Gasteiger partial charge is 0.344 e. The molecule has 1 heterocycles. The molecule has 0 radical (unpaired) electrons. The third kappa shape index (κ3) is 7.17. The highest BCUT2D eigenvalue weighted by Crippen LogP contribution is 2.14. The van der Waals surface area contributed by atoms with E-state index in [-0.39, 0.29) is 12.5 Å². The normalized spacial score (nSPS) is 10.5. The minimum atomic E-state index is -0.415. The lowest BCUT2D eigenvalue weighted by Crippen LogP contribution is -2.23. The molecule has 0 saturated carbocycles. The summed E-state index contributed by atoms with van der Waals surface area (Å²) < 4.78 is 10.2. The molecular formula is C20H22N2O4. The number of esters is 1. The maximum atomic E-state index is 11.9. The van der Waals surface area contributed by atoms with Gasteiger partial charge in [-0.25, -0.2) is 4.79 Å². The number of hydrogen-bond donors (Lipinski definition) is 1. The number of nitrogens with one attached hydrogen (secondary N) is 1. The lowest BCUT2D eigenvalue weighted by molar-refractivity contribution is -0.145. The van der Waals surface area contributed by atoms with Crippen molar-refractivity contribution in [2.45, 2.75) is 13.3 Å². The zero-order valence-corrected chi connectivity index (χ0v) is 14.7. The summed E-state index contributed by atoms with van der Waals surface area (Å²) >= 11 is 0. The number of hydrogen-bond acceptors (Lipinski definition) is 5. The number of amides is 1. The van der Waals surface area contributed by atoms with Gasteiger partial charge in [-0.15, -0.1) is 0 Å². The van der Waals surface area contributed by atoms with E-state index in [1.807, 2.05) is 18.2 Å². The quantitative estimate of drug-likeness (QED) is 0.553. The van der Waals surface area contributed by atoms with Crippen LogP contribution in [-0.4, -0.2) is 36.6 Å². The molecule has 2 aromatic rings. The lowest BCUT2D eigenvalue weighted by atomic mass is 10.2. The van der Waals surface area contributed by atoms with E-state index in [4.69, 9.17) is 9.47 Å². The SMILES string of the molecule is CCOC(=O)COc1cccc(C=CC(=O)NCCc2cccnc2)c1. The Kier molecular flexibility index (Phi) is 7.86. The molecular weight excluding hydrogens is 332 g/mol. The second kappa shape index (κ2) is 10.7. The van der Waals surface area contributed by atoms with Gasteiger partial charge in [0.2, 0.25) is 5.91 Å². The summed E-state index contributed by atoms with van der Waals surface area (Å²) in [4.78, 5) is 27.2. The van der Waals surface area contributed by atoms with Crippen LogP contribution in [0.25, 0.3) is 6.08 Å². The fourth-order valence-electron chi connectivity index (χ4n) is 2.16. The number of aromatic nitrogens is 1. The number of carbonyl (C=O) groups excluding carboxylic acids is 2. The van der Waals surface area contributed by atoms with Crippen LogP contribution in [0.15, 0.2) is 54.9 Å². The molecule has 26 heavy (non-hydrogen) atoms. The van der Waals surface area contributed by atoms with E-state index in [0.717, 1.165) is 17.5 Å². The maximum absolute atomic E-state index is 11.9. The highest BCUT2D eigenvalue weighted by Gasteiger charge is 2.03. The number of ether oxygens (including phenoxy) is 2. The van der Waals surface area contributed by atoms with Crippen molar-refractivity contribution < 1.29 is 19.1 Å². The van der Waals surface area contributed by atoms with Gasteiger partial charge in [-0.05, 0) is 48.7 Å². The molecule has 1 aromatic carbocycles. The van der Waals surface area contributed by atoms with Crippen molar-refractivity contribution in [3.63, 3.8) is 0 Å². The van der Waals surface area contributed by atoms with E-state index >= 15 is 0 Å². The Bertz CT molecular complexity index is 744.